The van der Waals surface area contributed by atoms with Crippen LogP contribution in [0, 0.1) is 0 Å². The molecule has 1 aliphatic heterocycles. The third-order valence-corrected chi connectivity index (χ3v) is 3.06. The maximum Gasteiger partial charge on any atom is 0.150 e. The van der Waals surface area contributed by atoms with Crippen LogP contribution in [-0.2, 0) is 0 Å². The van der Waals surface area contributed by atoms with Gasteiger partial charge >= 0.3 is 0 Å². The summed E-state index contributed by atoms with van der Waals surface area (Å²) < 4.78 is 0. The lowest BCUT2D eigenvalue weighted by Crippen LogP contribution is -2.24. The molecule has 1 aromatic heterocycles. The zero-order valence-electron chi connectivity index (χ0n) is 7.26. The van der Waals surface area contributed by atoms with Crippen LogP contribution in [0.5, 0.6) is 0 Å². The van der Waals surface area contributed by atoms with Crippen LogP contribution in [0.1, 0.15) is 10.5 Å². The Morgan fingerprint density at radius 3 is 2.33 bits per heavy atom. The molecule has 0 saturated carbocycles. The quantitative estimate of drug-likeness (QED) is 0.597. The van der Waals surface area contributed by atoms with Crippen molar-refractivity contribution in [1.82, 2.24) is 4.98 Å². The third kappa shape index (κ3) is 1.85. The van der Waals surface area contributed by atoms with Crippen molar-refractivity contribution in [2.24, 2.45) is 0 Å². The van der Waals surface area contributed by atoms with Gasteiger partial charge in [0.1, 0.15) is 10.7 Å². The first-order valence-corrected chi connectivity index (χ1v) is 5.16. The Morgan fingerprint density at radius 2 is 1.87 bits per heavy atom. The summed E-state index contributed by atoms with van der Waals surface area (Å²) in [7, 11) is 0. The molecule has 4 nitrogen and oxygen atoms in total. The monoisotopic (exact) mass is 265 g/mol. The molecule has 2 rings (SSSR count). The topological polar surface area (TPSA) is 56.0 Å². The van der Waals surface area contributed by atoms with Gasteiger partial charge in [-0.2, -0.15) is 0 Å². The average Bonchev–Trinajstić information content (AvgIpc) is 2.95. The Morgan fingerprint density at radius 1 is 1.27 bits per heavy atom. The number of carboxylic acid groups (broad SMARTS) is 1. The Labute approximate surface area is 100 Å². The van der Waals surface area contributed by atoms with Crippen LogP contribution in [0.15, 0.2) is 0 Å². The van der Waals surface area contributed by atoms with Crippen molar-refractivity contribution in [3.05, 3.63) is 20.9 Å². The van der Waals surface area contributed by atoms with Crippen molar-refractivity contribution in [1.29, 1.82) is 0 Å². The van der Waals surface area contributed by atoms with E-state index < -0.39 is 5.97 Å². The zero-order chi connectivity index (χ0) is 11.2. The molecule has 2 heterocycles. The summed E-state index contributed by atoms with van der Waals surface area (Å²) in [6, 6.07) is 0. The van der Waals surface area contributed by atoms with Crippen molar-refractivity contribution < 1.29 is 9.90 Å². The number of anilines is 1. The minimum Gasteiger partial charge on any atom is -0.543 e. The van der Waals surface area contributed by atoms with E-state index in [-0.39, 0.29) is 20.9 Å². The second kappa shape index (κ2) is 3.70. The Hall–Kier alpha value is -0.710. The summed E-state index contributed by atoms with van der Waals surface area (Å²) in [5, 5.41) is 10.8. The number of carbonyl (C=O) groups is 1. The molecular formula is C8H4Cl3N2O2-. The van der Waals surface area contributed by atoms with Gasteiger partial charge < -0.3 is 14.8 Å². The molecule has 1 aliphatic rings. The van der Waals surface area contributed by atoms with Crippen molar-refractivity contribution in [3.8, 4) is 0 Å². The number of aromatic nitrogens is 1. The molecule has 1 saturated heterocycles. The number of pyridine rings is 1. The van der Waals surface area contributed by atoms with Crippen LogP contribution in [0.2, 0.25) is 15.2 Å². The summed E-state index contributed by atoms with van der Waals surface area (Å²) in [5.41, 5.74) is 0.0329. The fourth-order valence-corrected chi connectivity index (χ4v) is 2.00. The van der Waals surface area contributed by atoms with Crippen LogP contribution < -0.4 is 10.0 Å². The summed E-state index contributed by atoms with van der Waals surface area (Å²) >= 11 is 17.4. The highest BCUT2D eigenvalue weighted by Crippen LogP contribution is 2.41. The van der Waals surface area contributed by atoms with Gasteiger partial charge in [-0.15, -0.1) is 0 Å². The first kappa shape index (κ1) is 10.8. The number of carboxylic acids is 1. The maximum atomic E-state index is 10.7. The molecule has 80 valence electrons. The number of carbonyl (C=O) groups excluding carboxylic acids is 1. The lowest BCUT2D eigenvalue weighted by molar-refractivity contribution is -0.255. The Bertz CT molecular complexity index is 446. The van der Waals surface area contributed by atoms with Crippen LogP contribution in [0.3, 0.4) is 0 Å². The molecule has 0 bridgehead atoms. The van der Waals surface area contributed by atoms with Gasteiger partial charge in [-0.1, -0.05) is 34.8 Å². The van der Waals surface area contributed by atoms with Gasteiger partial charge in [0.2, 0.25) is 0 Å². The van der Waals surface area contributed by atoms with E-state index in [4.69, 9.17) is 34.8 Å². The second-order valence-electron chi connectivity index (χ2n) is 3.00. The highest BCUT2D eigenvalue weighted by atomic mass is 35.5. The van der Waals surface area contributed by atoms with E-state index in [1.165, 1.54) is 0 Å². The summed E-state index contributed by atoms with van der Waals surface area (Å²) in [4.78, 5) is 16.1. The molecule has 0 N–H and O–H groups in total. The number of hydrogen-bond acceptors (Lipinski definition) is 4. The van der Waals surface area contributed by atoms with Gasteiger partial charge in [0, 0.05) is 13.1 Å². The van der Waals surface area contributed by atoms with Crippen molar-refractivity contribution in [3.63, 3.8) is 0 Å². The standard InChI is InChI=1S/C8H5Cl3N2O2/c9-3-5(8(14)15)12-7(11)4(10)6(3)13-1-2-13/h1-2H2,(H,14,15)/p-1. The molecule has 0 atom stereocenters. The SMILES string of the molecule is O=C([O-])c1nc(Cl)c(Cl)c(N2CC2)c1Cl. The Balaban J connectivity index is 2.65. The summed E-state index contributed by atoms with van der Waals surface area (Å²) in [5.74, 6) is -1.47. The summed E-state index contributed by atoms with van der Waals surface area (Å²) in [6.45, 7) is 1.54. The Kier molecular flexibility index (Phi) is 2.66. The van der Waals surface area contributed by atoms with Gasteiger partial charge in [0.05, 0.1) is 16.7 Å². The second-order valence-corrected chi connectivity index (χ2v) is 4.12. The smallest absolute Gasteiger partial charge is 0.150 e. The lowest BCUT2D eigenvalue weighted by atomic mass is 10.3. The average molecular weight is 266 g/mol. The predicted molar refractivity (Wildman–Crippen MR) is 55.8 cm³/mol. The van der Waals surface area contributed by atoms with Gasteiger partial charge in [0.25, 0.3) is 0 Å². The van der Waals surface area contributed by atoms with Gasteiger partial charge in [0.15, 0.2) is 5.15 Å². The molecule has 1 fully saturated rings. The van der Waals surface area contributed by atoms with E-state index in [2.05, 4.69) is 4.98 Å². The number of rotatable bonds is 2. The molecule has 0 radical (unpaired) electrons. The van der Waals surface area contributed by atoms with Gasteiger partial charge in [-0.3, -0.25) is 0 Å². The fraction of sp³-hybridized carbons (Fsp3) is 0.250. The van der Waals surface area contributed by atoms with Crippen LogP contribution in [0.4, 0.5) is 5.69 Å². The zero-order valence-corrected chi connectivity index (χ0v) is 9.53. The number of halogens is 3. The van der Waals surface area contributed by atoms with Crippen LogP contribution in [-0.4, -0.2) is 24.0 Å². The normalized spacial score (nSPS) is 14.2. The van der Waals surface area contributed by atoms with Crippen molar-refractivity contribution >= 4 is 46.5 Å². The molecule has 0 spiro atoms. The first-order chi connectivity index (χ1) is 7.02. The molecule has 1 aromatic rings. The van der Waals surface area contributed by atoms with E-state index in [1.807, 2.05) is 0 Å². The predicted octanol–water partition coefficient (Wildman–Crippen LogP) is 1.23. The molecule has 15 heavy (non-hydrogen) atoms. The fourth-order valence-electron chi connectivity index (χ4n) is 1.19. The highest BCUT2D eigenvalue weighted by molar-refractivity contribution is 6.46. The van der Waals surface area contributed by atoms with Crippen LogP contribution in [0.25, 0.3) is 0 Å². The minimum atomic E-state index is -1.47. The van der Waals surface area contributed by atoms with E-state index in [0.29, 0.717) is 5.69 Å². The largest absolute Gasteiger partial charge is 0.543 e. The molecular weight excluding hydrogens is 262 g/mol. The number of aromatic carboxylic acids is 1. The van der Waals surface area contributed by atoms with E-state index in [1.54, 1.807) is 4.90 Å². The lowest BCUT2D eigenvalue weighted by Gasteiger charge is -2.13. The minimum absolute atomic E-state index is 0.0260. The van der Waals surface area contributed by atoms with Crippen molar-refractivity contribution in [2.75, 3.05) is 18.0 Å². The van der Waals surface area contributed by atoms with Crippen molar-refractivity contribution in [2.45, 2.75) is 0 Å². The summed E-state index contributed by atoms with van der Waals surface area (Å²) in [6.07, 6.45) is 0. The molecule has 0 unspecified atom stereocenters. The third-order valence-electron chi connectivity index (χ3n) is 1.97. The molecule has 0 amide bonds. The molecule has 0 aromatic carbocycles. The van der Waals surface area contributed by atoms with E-state index in [9.17, 15) is 9.90 Å². The van der Waals surface area contributed by atoms with Gasteiger partial charge in [-0.05, 0) is 0 Å². The molecule has 0 aliphatic carbocycles. The van der Waals surface area contributed by atoms with Crippen LogP contribution >= 0.6 is 34.8 Å². The number of hydrogen-bond donors (Lipinski definition) is 0. The highest BCUT2D eigenvalue weighted by Gasteiger charge is 2.27. The maximum absolute atomic E-state index is 10.7. The molecule has 7 heteroatoms. The first-order valence-electron chi connectivity index (χ1n) is 4.03. The van der Waals surface area contributed by atoms with Gasteiger partial charge in [-0.25, -0.2) is 4.98 Å². The van der Waals surface area contributed by atoms with E-state index in [0.717, 1.165) is 13.1 Å². The van der Waals surface area contributed by atoms with E-state index >= 15 is 0 Å². The number of nitrogens with zero attached hydrogens (tertiary/aromatic N) is 2.